The van der Waals surface area contributed by atoms with Crippen LogP contribution in [0.3, 0.4) is 0 Å². The number of aryl methyl sites for hydroxylation is 1. The maximum Gasteiger partial charge on any atom is 0.291 e. The number of rotatable bonds is 3. The van der Waals surface area contributed by atoms with Crippen LogP contribution < -0.4 is 0 Å². The highest BCUT2D eigenvalue weighted by Crippen LogP contribution is 2.34. The Kier molecular flexibility index (Phi) is 4.52. The second kappa shape index (κ2) is 6.83. The van der Waals surface area contributed by atoms with Gasteiger partial charge in [-0.2, -0.15) is 4.98 Å². The maximum absolute atomic E-state index is 12.8. The minimum atomic E-state index is -0.325. The van der Waals surface area contributed by atoms with E-state index in [9.17, 15) is 4.79 Å². The van der Waals surface area contributed by atoms with Gasteiger partial charge >= 0.3 is 0 Å². The Hall–Kier alpha value is -2.22. The van der Waals surface area contributed by atoms with Crippen LogP contribution in [0.2, 0.25) is 0 Å². The molecule has 2 fully saturated rings. The average molecular weight is 360 g/mol. The summed E-state index contributed by atoms with van der Waals surface area (Å²) in [5.41, 5.74) is 0.290. The molecule has 2 aliphatic rings. The number of ether oxygens (including phenoxy) is 1. The first kappa shape index (κ1) is 17.2. The number of amides is 1. The fourth-order valence-corrected chi connectivity index (χ4v) is 3.84. The summed E-state index contributed by atoms with van der Waals surface area (Å²) in [5, 5.41) is 4.26. The summed E-state index contributed by atoms with van der Waals surface area (Å²) < 4.78 is 16.2. The largest absolute Gasteiger partial charge is 0.438 e. The predicted molar refractivity (Wildman–Crippen MR) is 90.8 cm³/mol. The van der Waals surface area contributed by atoms with Gasteiger partial charge in [0.15, 0.2) is 12.2 Å². The molecule has 140 valence electrons. The Morgan fingerprint density at radius 1 is 1.35 bits per heavy atom. The van der Waals surface area contributed by atoms with Gasteiger partial charge in [-0.05, 0) is 32.6 Å². The highest BCUT2D eigenvalue weighted by Gasteiger charge is 2.40. The van der Waals surface area contributed by atoms with Crippen molar-refractivity contribution in [3.05, 3.63) is 29.6 Å². The van der Waals surface area contributed by atoms with Crippen molar-refractivity contribution < 1.29 is 18.5 Å². The highest BCUT2D eigenvalue weighted by molar-refractivity contribution is 5.92. The molecule has 2 aliphatic heterocycles. The van der Waals surface area contributed by atoms with E-state index in [-0.39, 0.29) is 17.2 Å². The summed E-state index contributed by atoms with van der Waals surface area (Å²) in [4.78, 5) is 23.3. The minimum Gasteiger partial charge on any atom is -0.438 e. The molecule has 0 aliphatic carbocycles. The summed E-state index contributed by atoms with van der Waals surface area (Å²) in [6.07, 6.45) is 4.93. The summed E-state index contributed by atoms with van der Waals surface area (Å²) >= 11 is 0. The molecule has 4 rings (SSSR count). The van der Waals surface area contributed by atoms with Gasteiger partial charge in [0, 0.05) is 37.6 Å². The molecular weight excluding hydrogens is 336 g/mol. The summed E-state index contributed by atoms with van der Waals surface area (Å²) in [6, 6.07) is 0. The van der Waals surface area contributed by atoms with Crippen LogP contribution in [0.5, 0.6) is 0 Å². The third-order valence-corrected chi connectivity index (χ3v) is 5.48. The first-order valence-corrected chi connectivity index (χ1v) is 9.18. The van der Waals surface area contributed by atoms with Gasteiger partial charge in [-0.3, -0.25) is 4.79 Å². The van der Waals surface area contributed by atoms with Crippen molar-refractivity contribution in [1.82, 2.24) is 20.0 Å². The molecule has 0 bridgehead atoms. The zero-order valence-corrected chi connectivity index (χ0v) is 15.2. The van der Waals surface area contributed by atoms with E-state index >= 15 is 0 Å². The Balaban J connectivity index is 1.51. The first-order valence-electron chi connectivity index (χ1n) is 9.18. The van der Waals surface area contributed by atoms with Crippen LogP contribution >= 0.6 is 0 Å². The average Bonchev–Trinajstić information content (AvgIpc) is 3.31. The molecule has 2 aromatic heterocycles. The van der Waals surface area contributed by atoms with E-state index in [0.29, 0.717) is 36.3 Å². The molecule has 8 heteroatoms. The molecule has 0 radical (unpaired) electrons. The summed E-state index contributed by atoms with van der Waals surface area (Å²) in [6.45, 7) is 6.58. The van der Waals surface area contributed by atoms with Gasteiger partial charge in [-0.1, -0.05) is 12.1 Å². The van der Waals surface area contributed by atoms with Crippen LogP contribution in [0.15, 0.2) is 15.3 Å². The Bertz CT molecular complexity index is 780. The Morgan fingerprint density at radius 3 is 2.88 bits per heavy atom. The van der Waals surface area contributed by atoms with Gasteiger partial charge in [0.2, 0.25) is 11.7 Å². The third-order valence-electron chi connectivity index (χ3n) is 5.48. The van der Waals surface area contributed by atoms with E-state index in [1.807, 2.05) is 4.90 Å². The van der Waals surface area contributed by atoms with E-state index < -0.39 is 0 Å². The number of oxazole rings is 1. The van der Waals surface area contributed by atoms with Crippen LogP contribution in [0.4, 0.5) is 0 Å². The van der Waals surface area contributed by atoms with Crippen molar-refractivity contribution in [2.75, 3.05) is 26.3 Å². The van der Waals surface area contributed by atoms with Gasteiger partial charge in [0.05, 0.1) is 5.69 Å². The summed E-state index contributed by atoms with van der Waals surface area (Å²) in [7, 11) is 0. The number of piperidine rings is 1. The van der Waals surface area contributed by atoms with Crippen LogP contribution in [-0.4, -0.2) is 52.2 Å². The topological polar surface area (TPSA) is 94.5 Å². The van der Waals surface area contributed by atoms with E-state index in [4.69, 9.17) is 18.7 Å². The molecule has 0 N–H and O–H groups in total. The lowest BCUT2D eigenvalue weighted by molar-refractivity contribution is 0.0609. The van der Waals surface area contributed by atoms with Crippen molar-refractivity contribution in [2.45, 2.75) is 50.9 Å². The lowest BCUT2D eigenvalue weighted by Crippen LogP contribution is -2.47. The molecule has 1 unspecified atom stereocenters. The Labute approximate surface area is 151 Å². The molecule has 1 atom stereocenters. The molecule has 4 heterocycles. The molecule has 0 aromatic carbocycles. The van der Waals surface area contributed by atoms with Crippen molar-refractivity contribution in [2.24, 2.45) is 0 Å². The molecule has 1 amide bonds. The van der Waals surface area contributed by atoms with E-state index in [0.717, 1.165) is 38.9 Å². The predicted octanol–water partition coefficient (Wildman–Crippen LogP) is 2.45. The number of carbonyl (C=O) groups excluding carboxylic acids is 1. The lowest BCUT2D eigenvalue weighted by atomic mass is 9.81. The number of hydrogen-bond donors (Lipinski definition) is 0. The van der Waals surface area contributed by atoms with Gasteiger partial charge in [-0.25, -0.2) is 4.98 Å². The lowest BCUT2D eigenvalue weighted by Gasteiger charge is -2.38. The van der Waals surface area contributed by atoms with Crippen LogP contribution in [0, 0.1) is 6.92 Å². The second-order valence-electron chi connectivity index (χ2n) is 7.50. The normalized spacial score (nSPS) is 24.8. The maximum atomic E-state index is 12.8. The summed E-state index contributed by atoms with van der Waals surface area (Å²) in [5.74, 6) is 1.83. The van der Waals surface area contributed by atoms with E-state index in [2.05, 4.69) is 17.1 Å². The number of hydrogen-bond acceptors (Lipinski definition) is 7. The fraction of sp³-hybridized carbons (Fsp3) is 0.667. The SMILES string of the molecule is Cc1ncoc1C(=O)N1CCCC(C)(c2noc(C3CCOCC3)n2)C1. The quantitative estimate of drug-likeness (QED) is 0.829. The van der Waals surface area contributed by atoms with Gasteiger partial charge in [0.25, 0.3) is 5.91 Å². The van der Waals surface area contributed by atoms with Gasteiger partial charge in [-0.15, -0.1) is 0 Å². The number of carbonyl (C=O) groups is 1. The van der Waals surface area contributed by atoms with Gasteiger partial charge in [0.1, 0.15) is 0 Å². The first-order chi connectivity index (χ1) is 12.6. The fourth-order valence-electron chi connectivity index (χ4n) is 3.84. The van der Waals surface area contributed by atoms with E-state index in [1.165, 1.54) is 6.39 Å². The smallest absolute Gasteiger partial charge is 0.291 e. The number of aromatic nitrogens is 3. The van der Waals surface area contributed by atoms with Crippen molar-refractivity contribution in [3.63, 3.8) is 0 Å². The van der Waals surface area contributed by atoms with Crippen molar-refractivity contribution in [1.29, 1.82) is 0 Å². The molecular formula is C18H24N4O4. The number of nitrogens with zero attached hydrogens (tertiary/aromatic N) is 4. The monoisotopic (exact) mass is 360 g/mol. The van der Waals surface area contributed by atoms with Crippen LogP contribution in [-0.2, 0) is 10.2 Å². The molecule has 0 saturated carbocycles. The third kappa shape index (κ3) is 3.13. The minimum absolute atomic E-state index is 0.126. The molecule has 0 spiro atoms. The van der Waals surface area contributed by atoms with Crippen LogP contribution in [0.1, 0.15) is 66.5 Å². The van der Waals surface area contributed by atoms with E-state index in [1.54, 1.807) is 6.92 Å². The standard InChI is InChI=1S/C18H24N4O4/c1-12-14(25-11-19-12)16(23)22-7-3-6-18(2,10-22)17-20-15(26-21-17)13-4-8-24-9-5-13/h11,13H,3-10H2,1-2H3. The molecule has 26 heavy (non-hydrogen) atoms. The Morgan fingerprint density at radius 2 is 2.15 bits per heavy atom. The zero-order chi connectivity index (χ0) is 18.1. The molecule has 2 saturated heterocycles. The molecule has 2 aromatic rings. The van der Waals surface area contributed by atoms with Crippen molar-refractivity contribution >= 4 is 5.91 Å². The highest BCUT2D eigenvalue weighted by atomic mass is 16.5. The zero-order valence-electron chi connectivity index (χ0n) is 15.2. The van der Waals surface area contributed by atoms with Gasteiger partial charge < -0.3 is 18.6 Å². The van der Waals surface area contributed by atoms with Crippen molar-refractivity contribution in [3.8, 4) is 0 Å². The number of likely N-dealkylation sites (tertiary alicyclic amines) is 1. The molecule has 8 nitrogen and oxygen atoms in total. The van der Waals surface area contributed by atoms with Crippen LogP contribution in [0.25, 0.3) is 0 Å². The second-order valence-corrected chi connectivity index (χ2v) is 7.50.